The molecule has 0 bridgehead atoms. The summed E-state index contributed by atoms with van der Waals surface area (Å²) in [6, 6.07) is 0. The van der Waals surface area contributed by atoms with Crippen molar-refractivity contribution in [3.05, 3.63) is 11.8 Å². The van der Waals surface area contributed by atoms with Gasteiger partial charge in [-0.2, -0.15) is 5.10 Å². The van der Waals surface area contributed by atoms with E-state index in [1.807, 2.05) is 0 Å². The summed E-state index contributed by atoms with van der Waals surface area (Å²) in [6.45, 7) is 0.232. The standard InChI is InChI=1S/C7H13N3O2/c1-10-7(8)5(3-9-10)6(11)4-12-2/h3,6,11H,4,8H2,1-2H3. The van der Waals surface area contributed by atoms with Crippen LogP contribution in [0.15, 0.2) is 6.20 Å². The Labute approximate surface area is 70.7 Å². The van der Waals surface area contributed by atoms with Crippen LogP contribution < -0.4 is 5.73 Å². The van der Waals surface area contributed by atoms with Gasteiger partial charge in [-0.1, -0.05) is 0 Å². The van der Waals surface area contributed by atoms with Gasteiger partial charge in [-0.3, -0.25) is 4.68 Å². The Balaban J connectivity index is 2.80. The van der Waals surface area contributed by atoms with E-state index in [4.69, 9.17) is 10.5 Å². The van der Waals surface area contributed by atoms with Crippen LogP contribution in [-0.2, 0) is 11.8 Å². The SMILES string of the molecule is COCC(O)c1cnn(C)c1N. The van der Waals surface area contributed by atoms with E-state index < -0.39 is 6.10 Å². The van der Waals surface area contributed by atoms with Crippen molar-refractivity contribution in [2.45, 2.75) is 6.10 Å². The molecule has 1 unspecified atom stereocenters. The monoisotopic (exact) mass is 171 g/mol. The second kappa shape index (κ2) is 3.55. The van der Waals surface area contributed by atoms with Crippen LogP contribution in [0.4, 0.5) is 5.82 Å². The summed E-state index contributed by atoms with van der Waals surface area (Å²) in [4.78, 5) is 0. The summed E-state index contributed by atoms with van der Waals surface area (Å²) in [5, 5.41) is 13.4. The summed E-state index contributed by atoms with van der Waals surface area (Å²) in [7, 11) is 3.24. The van der Waals surface area contributed by atoms with E-state index in [0.29, 0.717) is 11.4 Å². The van der Waals surface area contributed by atoms with Crippen LogP contribution in [-0.4, -0.2) is 28.6 Å². The number of ether oxygens (including phenoxy) is 1. The molecule has 0 saturated heterocycles. The number of hydrogen-bond acceptors (Lipinski definition) is 4. The fraction of sp³-hybridized carbons (Fsp3) is 0.571. The highest BCUT2D eigenvalue weighted by atomic mass is 16.5. The Morgan fingerprint density at radius 1 is 1.83 bits per heavy atom. The molecular formula is C7H13N3O2. The third-order valence-corrected chi connectivity index (χ3v) is 1.70. The van der Waals surface area contributed by atoms with E-state index >= 15 is 0 Å². The van der Waals surface area contributed by atoms with Crippen LogP contribution >= 0.6 is 0 Å². The number of aliphatic hydroxyl groups is 1. The van der Waals surface area contributed by atoms with Gasteiger partial charge in [0.05, 0.1) is 12.8 Å². The Hall–Kier alpha value is -1.07. The number of anilines is 1. The van der Waals surface area contributed by atoms with E-state index in [-0.39, 0.29) is 6.61 Å². The largest absolute Gasteiger partial charge is 0.386 e. The van der Waals surface area contributed by atoms with Gasteiger partial charge in [-0.05, 0) is 0 Å². The van der Waals surface area contributed by atoms with Crippen molar-refractivity contribution in [3.63, 3.8) is 0 Å². The maximum Gasteiger partial charge on any atom is 0.127 e. The van der Waals surface area contributed by atoms with Gasteiger partial charge in [0.25, 0.3) is 0 Å². The molecule has 0 aromatic carbocycles. The number of aliphatic hydroxyl groups excluding tert-OH is 1. The minimum absolute atomic E-state index is 0.232. The van der Waals surface area contributed by atoms with Gasteiger partial charge in [0.2, 0.25) is 0 Å². The number of nitrogens with zero attached hydrogens (tertiary/aromatic N) is 2. The number of aromatic nitrogens is 2. The molecule has 0 fully saturated rings. The molecule has 1 aromatic heterocycles. The zero-order chi connectivity index (χ0) is 9.14. The van der Waals surface area contributed by atoms with Crippen LogP contribution in [0.5, 0.6) is 0 Å². The molecule has 1 aromatic rings. The van der Waals surface area contributed by atoms with E-state index in [9.17, 15) is 5.11 Å². The van der Waals surface area contributed by atoms with E-state index in [1.165, 1.54) is 11.8 Å². The number of nitrogen functional groups attached to an aromatic ring is 1. The minimum atomic E-state index is -0.691. The molecule has 0 spiro atoms. The molecule has 1 rings (SSSR count). The van der Waals surface area contributed by atoms with Crippen LogP contribution in [0.25, 0.3) is 0 Å². The first-order valence-electron chi connectivity index (χ1n) is 3.61. The molecule has 1 atom stereocenters. The van der Waals surface area contributed by atoms with Crippen LogP contribution in [0.1, 0.15) is 11.7 Å². The normalized spacial score (nSPS) is 13.2. The lowest BCUT2D eigenvalue weighted by atomic mass is 10.2. The summed E-state index contributed by atoms with van der Waals surface area (Å²) in [5.74, 6) is 0.472. The topological polar surface area (TPSA) is 73.3 Å². The highest BCUT2D eigenvalue weighted by Gasteiger charge is 2.13. The molecule has 0 aliphatic rings. The minimum Gasteiger partial charge on any atom is -0.386 e. The Morgan fingerprint density at radius 3 is 2.92 bits per heavy atom. The first kappa shape index (κ1) is 9.02. The van der Waals surface area contributed by atoms with Crippen molar-refractivity contribution in [3.8, 4) is 0 Å². The highest BCUT2D eigenvalue weighted by Crippen LogP contribution is 2.18. The fourth-order valence-electron chi connectivity index (χ4n) is 0.968. The lowest BCUT2D eigenvalue weighted by Gasteiger charge is -2.07. The third-order valence-electron chi connectivity index (χ3n) is 1.70. The predicted octanol–water partition coefficient (Wildman–Crippen LogP) is -0.318. The van der Waals surface area contributed by atoms with E-state index in [1.54, 1.807) is 13.2 Å². The number of rotatable bonds is 3. The number of nitrogens with two attached hydrogens (primary N) is 1. The summed E-state index contributed by atoms with van der Waals surface area (Å²) in [5.41, 5.74) is 6.23. The number of hydrogen-bond donors (Lipinski definition) is 2. The van der Waals surface area contributed by atoms with Crippen molar-refractivity contribution >= 4 is 5.82 Å². The van der Waals surface area contributed by atoms with Crippen LogP contribution in [0, 0.1) is 0 Å². The lowest BCUT2D eigenvalue weighted by Crippen LogP contribution is -2.08. The second-order valence-corrected chi connectivity index (χ2v) is 2.58. The Kier molecular flexibility index (Phi) is 2.67. The van der Waals surface area contributed by atoms with Gasteiger partial charge >= 0.3 is 0 Å². The molecule has 5 nitrogen and oxygen atoms in total. The van der Waals surface area contributed by atoms with Gasteiger partial charge in [0, 0.05) is 19.7 Å². The molecule has 5 heteroatoms. The van der Waals surface area contributed by atoms with Crippen LogP contribution in [0.2, 0.25) is 0 Å². The molecule has 0 amide bonds. The molecule has 0 saturated carbocycles. The third kappa shape index (κ3) is 1.57. The summed E-state index contributed by atoms with van der Waals surface area (Å²) >= 11 is 0. The van der Waals surface area contributed by atoms with Crippen molar-refractivity contribution in [1.29, 1.82) is 0 Å². The van der Waals surface area contributed by atoms with E-state index in [2.05, 4.69) is 5.10 Å². The Bertz CT molecular complexity index is 259. The zero-order valence-corrected chi connectivity index (χ0v) is 7.19. The maximum atomic E-state index is 9.46. The fourth-order valence-corrected chi connectivity index (χ4v) is 0.968. The van der Waals surface area contributed by atoms with Gasteiger partial charge in [0.15, 0.2) is 0 Å². The van der Waals surface area contributed by atoms with Gasteiger partial charge in [0.1, 0.15) is 11.9 Å². The molecule has 68 valence electrons. The smallest absolute Gasteiger partial charge is 0.127 e. The van der Waals surface area contributed by atoms with Crippen molar-refractivity contribution in [2.75, 3.05) is 19.5 Å². The Morgan fingerprint density at radius 2 is 2.50 bits per heavy atom. The molecule has 3 N–H and O–H groups in total. The maximum absolute atomic E-state index is 9.46. The molecule has 0 aliphatic heterocycles. The molecular weight excluding hydrogens is 158 g/mol. The molecule has 0 radical (unpaired) electrons. The summed E-state index contributed by atoms with van der Waals surface area (Å²) in [6.07, 6.45) is 0.850. The van der Waals surface area contributed by atoms with Crippen molar-refractivity contribution < 1.29 is 9.84 Å². The number of aryl methyl sites for hydroxylation is 1. The lowest BCUT2D eigenvalue weighted by molar-refractivity contribution is 0.0648. The average molecular weight is 171 g/mol. The summed E-state index contributed by atoms with van der Waals surface area (Å²) < 4.78 is 6.29. The highest BCUT2D eigenvalue weighted by molar-refractivity contribution is 5.39. The quantitative estimate of drug-likeness (QED) is 0.653. The second-order valence-electron chi connectivity index (χ2n) is 2.58. The van der Waals surface area contributed by atoms with Crippen molar-refractivity contribution in [2.24, 2.45) is 7.05 Å². The van der Waals surface area contributed by atoms with Gasteiger partial charge in [-0.25, -0.2) is 0 Å². The van der Waals surface area contributed by atoms with E-state index in [0.717, 1.165) is 0 Å². The zero-order valence-electron chi connectivity index (χ0n) is 7.19. The molecule has 0 aliphatic carbocycles. The van der Waals surface area contributed by atoms with Crippen LogP contribution in [0.3, 0.4) is 0 Å². The van der Waals surface area contributed by atoms with Crippen molar-refractivity contribution in [1.82, 2.24) is 9.78 Å². The molecule has 1 heterocycles. The van der Waals surface area contributed by atoms with Gasteiger partial charge < -0.3 is 15.6 Å². The number of methoxy groups -OCH3 is 1. The molecule has 12 heavy (non-hydrogen) atoms. The average Bonchev–Trinajstić information content (AvgIpc) is 2.34. The predicted molar refractivity (Wildman–Crippen MR) is 44.5 cm³/mol. The first-order valence-corrected chi connectivity index (χ1v) is 3.61. The van der Waals surface area contributed by atoms with Gasteiger partial charge in [-0.15, -0.1) is 0 Å². The first-order chi connectivity index (χ1) is 5.66.